The SMILES string of the molecule is C=C(c1cccc(N)c1)c1ncnc(N)c1C=NC. The number of rotatable bonds is 3. The van der Waals surface area contributed by atoms with E-state index >= 15 is 0 Å². The van der Waals surface area contributed by atoms with Crippen molar-refractivity contribution >= 4 is 23.3 Å². The van der Waals surface area contributed by atoms with Gasteiger partial charge in [-0.05, 0) is 17.7 Å². The number of anilines is 2. The molecule has 0 radical (unpaired) electrons. The lowest BCUT2D eigenvalue weighted by atomic mass is 10.0. The first-order valence-corrected chi connectivity index (χ1v) is 5.71. The van der Waals surface area contributed by atoms with Gasteiger partial charge in [0.2, 0.25) is 0 Å². The Morgan fingerprint density at radius 2 is 2.11 bits per heavy atom. The maximum Gasteiger partial charge on any atom is 0.136 e. The van der Waals surface area contributed by atoms with E-state index in [4.69, 9.17) is 11.5 Å². The minimum Gasteiger partial charge on any atom is -0.399 e. The molecule has 0 aliphatic heterocycles. The summed E-state index contributed by atoms with van der Waals surface area (Å²) in [5.74, 6) is 0.376. The van der Waals surface area contributed by atoms with Crippen LogP contribution >= 0.6 is 0 Å². The van der Waals surface area contributed by atoms with Gasteiger partial charge < -0.3 is 11.5 Å². The van der Waals surface area contributed by atoms with E-state index in [1.165, 1.54) is 6.33 Å². The summed E-state index contributed by atoms with van der Waals surface area (Å²) in [7, 11) is 1.67. The number of hydrogen-bond donors (Lipinski definition) is 2. The Balaban J connectivity index is 2.53. The van der Waals surface area contributed by atoms with E-state index in [0.717, 1.165) is 11.1 Å². The lowest BCUT2D eigenvalue weighted by molar-refractivity contribution is 1.14. The standard InChI is InChI=1S/C14H15N5/c1-9(10-4-3-5-11(15)6-10)13-12(7-17-2)14(16)19-8-18-13/h3-8H,1,15H2,2H3,(H2,16,18,19). The normalized spacial score (nSPS) is 10.8. The Kier molecular flexibility index (Phi) is 3.56. The Hall–Kier alpha value is -2.69. The van der Waals surface area contributed by atoms with Gasteiger partial charge in [0, 0.05) is 24.5 Å². The molecule has 0 aliphatic carbocycles. The molecule has 2 rings (SSSR count). The number of aliphatic imine (C=N–C) groups is 1. The molecule has 1 heterocycles. The predicted octanol–water partition coefficient (Wildman–Crippen LogP) is 1.75. The largest absolute Gasteiger partial charge is 0.399 e. The second-order valence-electron chi connectivity index (χ2n) is 4.01. The van der Waals surface area contributed by atoms with Crippen molar-refractivity contribution in [3.63, 3.8) is 0 Å². The molecule has 5 nitrogen and oxygen atoms in total. The molecule has 19 heavy (non-hydrogen) atoms. The highest BCUT2D eigenvalue weighted by molar-refractivity contribution is 5.94. The van der Waals surface area contributed by atoms with Crippen LogP contribution < -0.4 is 11.5 Å². The van der Waals surface area contributed by atoms with Crippen LogP contribution in [-0.4, -0.2) is 23.2 Å². The molecule has 0 aliphatic rings. The van der Waals surface area contributed by atoms with Gasteiger partial charge in [0.15, 0.2) is 0 Å². The number of hydrogen-bond acceptors (Lipinski definition) is 5. The summed E-state index contributed by atoms with van der Waals surface area (Å²) in [6, 6.07) is 7.45. The van der Waals surface area contributed by atoms with Crippen LogP contribution in [0.5, 0.6) is 0 Å². The van der Waals surface area contributed by atoms with Crippen LogP contribution in [0.25, 0.3) is 5.57 Å². The maximum atomic E-state index is 5.85. The smallest absolute Gasteiger partial charge is 0.136 e. The van der Waals surface area contributed by atoms with E-state index in [1.54, 1.807) is 13.3 Å². The van der Waals surface area contributed by atoms with Crippen LogP contribution in [0.2, 0.25) is 0 Å². The van der Waals surface area contributed by atoms with E-state index in [-0.39, 0.29) is 0 Å². The van der Waals surface area contributed by atoms with Crippen LogP contribution in [0.1, 0.15) is 16.8 Å². The van der Waals surface area contributed by atoms with Crippen LogP contribution in [0.4, 0.5) is 11.5 Å². The molecule has 4 N–H and O–H groups in total. The lowest BCUT2D eigenvalue weighted by Gasteiger charge is -2.10. The number of nitrogen functional groups attached to an aromatic ring is 2. The molecule has 0 unspecified atom stereocenters. The molecule has 0 amide bonds. The minimum atomic E-state index is 0.376. The average Bonchev–Trinajstić information content (AvgIpc) is 2.40. The predicted molar refractivity (Wildman–Crippen MR) is 79.0 cm³/mol. The molecule has 0 spiro atoms. The molecule has 0 saturated heterocycles. The molecular formula is C14H15N5. The van der Waals surface area contributed by atoms with Crippen molar-refractivity contribution in [2.75, 3.05) is 18.5 Å². The second kappa shape index (κ2) is 5.30. The van der Waals surface area contributed by atoms with Crippen molar-refractivity contribution < 1.29 is 0 Å². The summed E-state index contributed by atoms with van der Waals surface area (Å²) in [5, 5.41) is 0. The minimum absolute atomic E-state index is 0.376. The van der Waals surface area contributed by atoms with Gasteiger partial charge in [0.1, 0.15) is 12.1 Å². The van der Waals surface area contributed by atoms with Crippen LogP contribution in [0.15, 0.2) is 42.2 Å². The Morgan fingerprint density at radius 3 is 2.79 bits per heavy atom. The van der Waals surface area contributed by atoms with E-state index in [2.05, 4.69) is 21.5 Å². The van der Waals surface area contributed by atoms with Crippen LogP contribution in [-0.2, 0) is 0 Å². The first-order valence-electron chi connectivity index (χ1n) is 5.71. The number of aromatic nitrogens is 2. The van der Waals surface area contributed by atoms with Gasteiger partial charge in [0.25, 0.3) is 0 Å². The van der Waals surface area contributed by atoms with E-state index in [9.17, 15) is 0 Å². The zero-order valence-electron chi connectivity index (χ0n) is 10.7. The van der Waals surface area contributed by atoms with Gasteiger partial charge in [-0.15, -0.1) is 0 Å². The van der Waals surface area contributed by atoms with Gasteiger partial charge >= 0.3 is 0 Å². The Bertz CT molecular complexity index is 646. The average molecular weight is 253 g/mol. The molecule has 0 saturated carbocycles. The van der Waals surface area contributed by atoms with Crippen molar-refractivity contribution in [3.8, 4) is 0 Å². The van der Waals surface area contributed by atoms with Crippen LogP contribution in [0.3, 0.4) is 0 Å². The van der Waals surface area contributed by atoms with Crippen molar-refractivity contribution in [1.82, 2.24) is 9.97 Å². The maximum absolute atomic E-state index is 5.85. The summed E-state index contributed by atoms with van der Waals surface area (Å²) in [6.45, 7) is 4.06. The molecule has 1 aromatic carbocycles. The fourth-order valence-corrected chi connectivity index (χ4v) is 1.77. The van der Waals surface area contributed by atoms with Crippen molar-refractivity contribution in [1.29, 1.82) is 0 Å². The molecule has 2 aromatic rings. The third-order valence-electron chi connectivity index (χ3n) is 2.69. The third kappa shape index (κ3) is 2.60. The summed E-state index contributed by atoms with van der Waals surface area (Å²) < 4.78 is 0. The van der Waals surface area contributed by atoms with Crippen molar-refractivity contribution in [2.45, 2.75) is 0 Å². The fraction of sp³-hybridized carbons (Fsp3) is 0.0714. The van der Waals surface area contributed by atoms with Crippen molar-refractivity contribution in [3.05, 3.63) is 54.0 Å². The van der Waals surface area contributed by atoms with Crippen molar-refractivity contribution in [2.24, 2.45) is 4.99 Å². The fourth-order valence-electron chi connectivity index (χ4n) is 1.77. The zero-order valence-corrected chi connectivity index (χ0v) is 10.7. The quantitative estimate of drug-likeness (QED) is 0.644. The highest BCUT2D eigenvalue weighted by atomic mass is 14.9. The highest BCUT2D eigenvalue weighted by Gasteiger charge is 2.12. The monoisotopic (exact) mass is 253 g/mol. The van der Waals surface area contributed by atoms with Gasteiger partial charge in [-0.1, -0.05) is 18.7 Å². The number of benzene rings is 1. The second-order valence-corrected chi connectivity index (χ2v) is 4.01. The molecule has 5 heteroatoms. The Labute approximate surface area is 111 Å². The Morgan fingerprint density at radius 1 is 1.32 bits per heavy atom. The third-order valence-corrected chi connectivity index (χ3v) is 2.69. The van der Waals surface area contributed by atoms with Gasteiger partial charge in [-0.25, -0.2) is 9.97 Å². The molecule has 0 bridgehead atoms. The summed E-state index contributed by atoms with van der Waals surface area (Å²) >= 11 is 0. The van der Waals surface area contributed by atoms with Gasteiger partial charge in [-0.2, -0.15) is 0 Å². The zero-order chi connectivity index (χ0) is 13.8. The van der Waals surface area contributed by atoms with E-state index < -0.39 is 0 Å². The lowest BCUT2D eigenvalue weighted by Crippen LogP contribution is -2.04. The van der Waals surface area contributed by atoms with Gasteiger partial charge in [-0.3, -0.25) is 4.99 Å². The number of nitrogens with two attached hydrogens (primary N) is 2. The summed E-state index contributed by atoms with van der Waals surface area (Å²) in [6.07, 6.45) is 3.04. The molecule has 0 fully saturated rings. The van der Waals surface area contributed by atoms with E-state index in [1.807, 2.05) is 24.3 Å². The molecule has 0 atom stereocenters. The molecule has 96 valence electrons. The molecule has 1 aromatic heterocycles. The summed E-state index contributed by atoms with van der Waals surface area (Å²) in [5.41, 5.74) is 15.2. The van der Waals surface area contributed by atoms with Crippen LogP contribution in [0, 0.1) is 0 Å². The highest BCUT2D eigenvalue weighted by Crippen LogP contribution is 2.25. The first kappa shape index (κ1) is 12.8. The summed E-state index contributed by atoms with van der Waals surface area (Å²) in [4.78, 5) is 12.2. The van der Waals surface area contributed by atoms with E-state index in [0.29, 0.717) is 22.8 Å². The topological polar surface area (TPSA) is 90.2 Å². The molecular weight excluding hydrogens is 238 g/mol. The first-order chi connectivity index (χ1) is 9.13. The van der Waals surface area contributed by atoms with Gasteiger partial charge in [0.05, 0.1) is 11.3 Å². The number of nitrogens with zero attached hydrogens (tertiary/aromatic N) is 3.